The van der Waals surface area contributed by atoms with E-state index >= 15 is 0 Å². The quantitative estimate of drug-likeness (QED) is 0.322. The van der Waals surface area contributed by atoms with E-state index in [1.165, 1.54) is 18.2 Å². The Labute approximate surface area is 175 Å². The number of amides is 1. The number of rotatable bonds is 6. The molecule has 0 radical (unpaired) electrons. The normalized spacial score (nSPS) is 19.4. The van der Waals surface area contributed by atoms with Gasteiger partial charge in [-0.1, -0.05) is 6.07 Å². The number of nitrogens with zero attached hydrogens (tertiary/aromatic N) is 2. The lowest BCUT2D eigenvalue weighted by molar-refractivity contribution is -0.119. The first kappa shape index (κ1) is 21.6. The Morgan fingerprint density at radius 3 is 2.52 bits per heavy atom. The maximum atomic E-state index is 13.9. The van der Waals surface area contributed by atoms with Gasteiger partial charge in [0.25, 0.3) is 0 Å². The molecule has 0 aromatic heterocycles. The number of carbonyl (C=O) groups excluding carboxylic acids is 1. The van der Waals surface area contributed by atoms with Crippen molar-refractivity contribution in [2.75, 3.05) is 31.1 Å². The highest BCUT2D eigenvalue weighted by Crippen LogP contribution is 2.26. The van der Waals surface area contributed by atoms with Crippen LogP contribution in [0.2, 0.25) is 0 Å². The third kappa shape index (κ3) is 6.18. The second-order valence-corrected chi connectivity index (χ2v) is 6.68. The number of para-hydroxylation sites is 1. The maximum absolute atomic E-state index is 13.9. The van der Waals surface area contributed by atoms with Crippen LogP contribution < -0.4 is 20.9 Å². The molecule has 2 fully saturated rings. The van der Waals surface area contributed by atoms with Gasteiger partial charge in [-0.25, -0.2) is 13.8 Å². The Morgan fingerprint density at radius 1 is 1.19 bits per heavy atom. The molecule has 1 aliphatic carbocycles. The summed E-state index contributed by atoms with van der Waals surface area (Å²) in [6.45, 7) is 3.68. The smallest absolute Gasteiger partial charge is 0.242 e. The highest BCUT2D eigenvalue weighted by Gasteiger charge is 2.27. The van der Waals surface area contributed by atoms with E-state index < -0.39 is 11.6 Å². The van der Waals surface area contributed by atoms with Crippen LogP contribution >= 0.6 is 24.0 Å². The van der Waals surface area contributed by atoms with Crippen molar-refractivity contribution in [1.82, 2.24) is 16.0 Å². The molecule has 0 bridgehead atoms. The second-order valence-electron chi connectivity index (χ2n) is 6.68. The zero-order chi connectivity index (χ0) is 18.5. The van der Waals surface area contributed by atoms with Gasteiger partial charge in [-0.05, 0) is 38.3 Å². The first-order valence-electron chi connectivity index (χ1n) is 9.10. The zero-order valence-corrected chi connectivity index (χ0v) is 17.6. The monoisotopic (exact) mass is 493 g/mol. The fourth-order valence-electron chi connectivity index (χ4n) is 3.04. The molecule has 1 atom stereocenters. The Morgan fingerprint density at radius 2 is 1.89 bits per heavy atom. The number of benzene rings is 1. The van der Waals surface area contributed by atoms with Gasteiger partial charge in [-0.3, -0.25) is 4.79 Å². The van der Waals surface area contributed by atoms with Gasteiger partial charge in [0.1, 0.15) is 23.9 Å². The number of anilines is 1. The van der Waals surface area contributed by atoms with Crippen molar-refractivity contribution in [1.29, 1.82) is 0 Å². The van der Waals surface area contributed by atoms with Crippen LogP contribution in [-0.4, -0.2) is 50.1 Å². The predicted octanol–water partition coefficient (Wildman–Crippen LogP) is 2.00. The molecule has 150 valence electrons. The van der Waals surface area contributed by atoms with E-state index in [2.05, 4.69) is 20.9 Å². The minimum Gasteiger partial charge on any atom is -0.365 e. The van der Waals surface area contributed by atoms with E-state index in [4.69, 9.17) is 0 Å². The van der Waals surface area contributed by atoms with Crippen molar-refractivity contribution in [3.05, 3.63) is 29.8 Å². The number of hydrogen-bond acceptors (Lipinski definition) is 3. The van der Waals surface area contributed by atoms with E-state index in [-0.39, 0.29) is 48.2 Å². The molecule has 0 spiro atoms. The summed E-state index contributed by atoms with van der Waals surface area (Å²) in [5, 5.41) is 9.25. The minimum atomic E-state index is -0.553. The summed E-state index contributed by atoms with van der Waals surface area (Å²) in [6, 6.07) is 4.21. The van der Waals surface area contributed by atoms with Crippen molar-refractivity contribution in [3.8, 4) is 0 Å². The number of guanidine groups is 1. The topological polar surface area (TPSA) is 68.8 Å². The molecule has 2 aliphatic rings. The van der Waals surface area contributed by atoms with Crippen molar-refractivity contribution in [2.45, 2.75) is 38.3 Å². The standard InChI is InChI=1S/C18H25F2N5O.HI/c1-2-21-18(22-10-16(26)23-12-6-7-12)24-13-8-9-25(11-13)17-14(19)4-3-5-15(17)20;/h3-5,12-13H,2,6-11H2,1H3,(H,23,26)(H2,21,22,24);1H. The second kappa shape index (κ2) is 10.0. The molecule has 1 saturated heterocycles. The van der Waals surface area contributed by atoms with Gasteiger partial charge in [-0.15, -0.1) is 24.0 Å². The molecule has 1 aromatic rings. The Kier molecular flexibility index (Phi) is 8.06. The van der Waals surface area contributed by atoms with E-state index in [0.29, 0.717) is 31.6 Å². The van der Waals surface area contributed by atoms with Crippen molar-refractivity contribution < 1.29 is 13.6 Å². The first-order chi connectivity index (χ1) is 12.6. The SMILES string of the molecule is CCNC(=NCC(=O)NC1CC1)NC1CCN(c2c(F)cccc2F)C1.I. The van der Waals surface area contributed by atoms with Gasteiger partial charge in [0.15, 0.2) is 5.96 Å². The molecule has 3 N–H and O–H groups in total. The average molecular weight is 493 g/mol. The summed E-state index contributed by atoms with van der Waals surface area (Å²) in [5.41, 5.74) is 0.0163. The van der Waals surface area contributed by atoms with Gasteiger partial charge < -0.3 is 20.9 Å². The van der Waals surface area contributed by atoms with E-state index in [1.807, 2.05) is 6.92 Å². The van der Waals surface area contributed by atoms with Crippen LogP contribution in [-0.2, 0) is 4.79 Å². The molecule has 1 saturated carbocycles. The van der Waals surface area contributed by atoms with E-state index in [9.17, 15) is 13.6 Å². The molecular weight excluding hydrogens is 467 g/mol. The summed E-state index contributed by atoms with van der Waals surface area (Å²) < 4.78 is 27.9. The highest BCUT2D eigenvalue weighted by molar-refractivity contribution is 14.0. The van der Waals surface area contributed by atoms with Crippen molar-refractivity contribution in [2.24, 2.45) is 4.99 Å². The Balaban J connectivity index is 0.00000261. The van der Waals surface area contributed by atoms with Crippen LogP contribution in [0.15, 0.2) is 23.2 Å². The van der Waals surface area contributed by atoms with Crippen LogP contribution in [0.3, 0.4) is 0 Å². The summed E-state index contributed by atoms with van der Waals surface area (Å²) in [7, 11) is 0. The summed E-state index contributed by atoms with van der Waals surface area (Å²) in [6.07, 6.45) is 2.81. The summed E-state index contributed by atoms with van der Waals surface area (Å²) in [5.74, 6) is -0.656. The molecule has 1 heterocycles. The van der Waals surface area contributed by atoms with Gasteiger partial charge in [0, 0.05) is 31.7 Å². The number of nitrogens with one attached hydrogen (secondary N) is 3. The fourth-order valence-corrected chi connectivity index (χ4v) is 3.04. The number of halogens is 3. The number of hydrogen-bond donors (Lipinski definition) is 3. The van der Waals surface area contributed by atoms with Crippen LogP contribution in [0, 0.1) is 11.6 Å². The molecule has 9 heteroatoms. The Bertz CT molecular complexity index is 663. The molecule has 1 unspecified atom stereocenters. The largest absolute Gasteiger partial charge is 0.365 e. The molecule has 3 rings (SSSR count). The molecule has 6 nitrogen and oxygen atoms in total. The Hall–Kier alpha value is -1.65. The van der Waals surface area contributed by atoms with Crippen LogP contribution in [0.1, 0.15) is 26.2 Å². The van der Waals surface area contributed by atoms with Crippen LogP contribution in [0.25, 0.3) is 0 Å². The number of carbonyl (C=O) groups is 1. The van der Waals surface area contributed by atoms with Gasteiger partial charge in [0.05, 0.1) is 0 Å². The summed E-state index contributed by atoms with van der Waals surface area (Å²) in [4.78, 5) is 17.8. The first-order valence-corrected chi connectivity index (χ1v) is 9.10. The molecular formula is C18H26F2IN5O. The van der Waals surface area contributed by atoms with Gasteiger partial charge >= 0.3 is 0 Å². The van der Waals surface area contributed by atoms with Crippen molar-refractivity contribution >= 4 is 41.5 Å². The number of aliphatic imine (C=N–C) groups is 1. The molecule has 1 aromatic carbocycles. The predicted molar refractivity (Wildman–Crippen MR) is 113 cm³/mol. The lowest BCUT2D eigenvalue weighted by Crippen LogP contribution is -2.45. The molecule has 27 heavy (non-hydrogen) atoms. The third-order valence-corrected chi connectivity index (χ3v) is 4.45. The van der Waals surface area contributed by atoms with E-state index in [0.717, 1.165) is 19.3 Å². The lowest BCUT2D eigenvalue weighted by atomic mass is 10.2. The van der Waals surface area contributed by atoms with Gasteiger partial charge in [-0.2, -0.15) is 0 Å². The van der Waals surface area contributed by atoms with Crippen LogP contribution in [0.5, 0.6) is 0 Å². The van der Waals surface area contributed by atoms with Crippen molar-refractivity contribution in [3.63, 3.8) is 0 Å². The van der Waals surface area contributed by atoms with Gasteiger partial charge in [0.2, 0.25) is 5.91 Å². The summed E-state index contributed by atoms with van der Waals surface area (Å²) >= 11 is 0. The zero-order valence-electron chi connectivity index (χ0n) is 15.3. The highest BCUT2D eigenvalue weighted by atomic mass is 127. The third-order valence-electron chi connectivity index (χ3n) is 4.45. The lowest BCUT2D eigenvalue weighted by Gasteiger charge is -2.21. The minimum absolute atomic E-state index is 0. The molecule has 1 aliphatic heterocycles. The average Bonchev–Trinajstić information content (AvgIpc) is 3.29. The fraction of sp³-hybridized carbons (Fsp3) is 0.556. The van der Waals surface area contributed by atoms with E-state index in [1.54, 1.807) is 4.90 Å². The maximum Gasteiger partial charge on any atom is 0.242 e. The van der Waals surface area contributed by atoms with Crippen LogP contribution in [0.4, 0.5) is 14.5 Å². The molecule has 1 amide bonds.